The quantitative estimate of drug-likeness (QED) is 0.436. The summed E-state index contributed by atoms with van der Waals surface area (Å²) in [6, 6.07) is 10.9. The monoisotopic (exact) mass is 523 g/mol. The van der Waals surface area contributed by atoms with Crippen LogP contribution in [0.2, 0.25) is 5.02 Å². The Morgan fingerprint density at radius 2 is 1.86 bits per heavy atom. The van der Waals surface area contributed by atoms with Crippen molar-refractivity contribution in [2.45, 2.75) is 30.1 Å². The van der Waals surface area contributed by atoms with Gasteiger partial charge in [0.25, 0.3) is 0 Å². The standard InChI is InChI=1S/C22H20ClF2N5O4S/c23-17-4-2-1-3-13(17)7-20(31)28-15-5-6-18(19(8-15)35(26,33)34)30-12-16(11-27-30)29-21(32)14-9-22(24,25)10-14/h1-6,8,11-12,14H,7,9-10H2,(H,28,31)(H,29,32)(H2,26,33,34). The van der Waals surface area contributed by atoms with Gasteiger partial charge in [-0.2, -0.15) is 5.10 Å². The molecule has 1 heterocycles. The van der Waals surface area contributed by atoms with Crippen LogP contribution in [0.5, 0.6) is 0 Å². The van der Waals surface area contributed by atoms with Crippen molar-refractivity contribution in [3.63, 3.8) is 0 Å². The van der Waals surface area contributed by atoms with E-state index in [1.165, 1.54) is 35.3 Å². The molecule has 2 aromatic carbocycles. The van der Waals surface area contributed by atoms with Crippen LogP contribution in [-0.4, -0.2) is 35.9 Å². The summed E-state index contributed by atoms with van der Waals surface area (Å²) in [5.41, 5.74) is 1.04. The number of nitrogens with two attached hydrogens (primary N) is 1. The van der Waals surface area contributed by atoms with Gasteiger partial charge in [0.1, 0.15) is 4.90 Å². The first-order valence-corrected chi connectivity index (χ1v) is 12.3. The molecule has 3 aromatic rings. The first-order valence-electron chi connectivity index (χ1n) is 10.4. The van der Waals surface area contributed by atoms with E-state index in [9.17, 15) is 26.8 Å². The van der Waals surface area contributed by atoms with Crippen LogP contribution in [0, 0.1) is 5.92 Å². The lowest BCUT2D eigenvalue weighted by Crippen LogP contribution is -2.42. The third-order valence-corrected chi connectivity index (χ3v) is 6.73. The van der Waals surface area contributed by atoms with Gasteiger partial charge in [-0.3, -0.25) is 9.59 Å². The molecule has 4 N–H and O–H groups in total. The number of rotatable bonds is 7. The number of sulfonamides is 1. The lowest BCUT2D eigenvalue weighted by atomic mass is 9.81. The molecule has 0 radical (unpaired) electrons. The second-order valence-corrected chi connectivity index (χ2v) is 10.1. The minimum atomic E-state index is -4.24. The maximum atomic E-state index is 13.0. The van der Waals surface area contributed by atoms with Crippen LogP contribution in [0.3, 0.4) is 0 Å². The van der Waals surface area contributed by atoms with Gasteiger partial charge in [0.2, 0.25) is 27.8 Å². The normalized spacial score (nSPS) is 15.3. The number of alkyl halides is 2. The molecule has 0 unspecified atom stereocenters. The van der Waals surface area contributed by atoms with Crippen molar-refractivity contribution in [1.82, 2.24) is 9.78 Å². The summed E-state index contributed by atoms with van der Waals surface area (Å²) in [6.07, 6.45) is 1.51. The average Bonchev–Trinajstić information content (AvgIpc) is 3.21. The number of amides is 2. The molecule has 1 fully saturated rings. The molecule has 1 aromatic heterocycles. The van der Waals surface area contributed by atoms with Gasteiger partial charge >= 0.3 is 0 Å². The average molecular weight is 524 g/mol. The highest BCUT2D eigenvalue weighted by Gasteiger charge is 2.48. The molecular formula is C22H20ClF2N5O4S. The van der Waals surface area contributed by atoms with E-state index in [1.807, 2.05) is 0 Å². The van der Waals surface area contributed by atoms with Crippen molar-refractivity contribution in [1.29, 1.82) is 0 Å². The van der Waals surface area contributed by atoms with E-state index in [4.69, 9.17) is 16.7 Å². The van der Waals surface area contributed by atoms with Gasteiger partial charge in [-0.1, -0.05) is 29.8 Å². The number of nitrogens with one attached hydrogen (secondary N) is 2. The van der Waals surface area contributed by atoms with Crippen LogP contribution < -0.4 is 15.8 Å². The van der Waals surface area contributed by atoms with Crippen LogP contribution in [-0.2, 0) is 26.0 Å². The SMILES string of the molecule is NS(=O)(=O)c1cc(NC(=O)Cc2ccccc2Cl)ccc1-n1cc(NC(=O)C2CC(F)(F)C2)cn1. The number of benzene rings is 2. The Bertz CT molecular complexity index is 1400. The van der Waals surface area contributed by atoms with E-state index in [2.05, 4.69) is 15.7 Å². The van der Waals surface area contributed by atoms with Gasteiger partial charge in [-0.05, 0) is 29.8 Å². The lowest BCUT2D eigenvalue weighted by molar-refractivity contribution is -0.145. The highest BCUT2D eigenvalue weighted by atomic mass is 35.5. The topological polar surface area (TPSA) is 136 Å². The molecule has 1 saturated carbocycles. The number of carbonyl (C=O) groups excluding carboxylic acids is 2. The number of primary sulfonamides is 1. The third-order valence-electron chi connectivity index (χ3n) is 5.42. The number of nitrogens with zero attached hydrogens (tertiary/aromatic N) is 2. The van der Waals surface area contributed by atoms with Crippen molar-refractivity contribution in [3.05, 3.63) is 65.4 Å². The van der Waals surface area contributed by atoms with Crippen LogP contribution in [0.25, 0.3) is 5.69 Å². The zero-order valence-electron chi connectivity index (χ0n) is 18.0. The molecular weight excluding hydrogens is 504 g/mol. The van der Waals surface area contributed by atoms with E-state index in [1.54, 1.807) is 24.3 Å². The predicted molar refractivity (Wildman–Crippen MR) is 125 cm³/mol. The van der Waals surface area contributed by atoms with Crippen LogP contribution in [0.1, 0.15) is 18.4 Å². The minimum Gasteiger partial charge on any atom is -0.326 e. The van der Waals surface area contributed by atoms with Gasteiger partial charge in [0, 0.05) is 29.5 Å². The maximum absolute atomic E-state index is 13.0. The molecule has 1 aliphatic carbocycles. The Morgan fingerprint density at radius 3 is 2.51 bits per heavy atom. The molecule has 0 aliphatic heterocycles. The van der Waals surface area contributed by atoms with Crippen molar-refractivity contribution in [3.8, 4) is 5.69 Å². The van der Waals surface area contributed by atoms with Crippen molar-refractivity contribution < 1.29 is 26.8 Å². The number of aromatic nitrogens is 2. The Kier molecular flexibility index (Phi) is 6.62. The first kappa shape index (κ1) is 24.8. The van der Waals surface area contributed by atoms with E-state index in [0.29, 0.717) is 10.6 Å². The van der Waals surface area contributed by atoms with Crippen LogP contribution >= 0.6 is 11.6 Å². The van der Waals surface area contributed by atoms with E-state index < -0.39 is 46.5 Å². The second-order valence-electron chi connectivity index (χ2n) is 8.17. The van der Waals surface area contributed by atoms with E-state index >= 15 is 0 Å². The number of halogens is 3. The smallest absolute Gasteiger partial charge is 0.249 e. The fraction of sp³-hybridized carbons (Fsp3) is 0.227. The number of hydrogen-bond acceptors (Lipinski definition) is 5. The van der Waals surface area contributed by atoms with E-state index in [0.717, 1.165) is 0 Å². The Morgan fingerprint density at radius 1 is 1.14 bits per heavy atom. The first-order chi connectivity index (χ1) is 16.4. The number of hydrogen-bond donors (Lipinski definition) is 3. The zero-order valence-corrected chi connectivity index (χ0v) is 19.6. The largest absolute Gasteiger partial charge is 0.326 e. The summed E-state index contributed by atoms with van der Waals surface area (Å²) in [7, 11) is -4.24. The minimum absolute atomic E-state index is 0.0265. The zero-order chi connectivity index (χ0) is 25.4. The number of anilines is 2. The van der Waals surface area contributed by atoms with Crippen molar-refractivity contribution >= 4 is 44.8 Å². The molecule has 0 saturated heterocycles. The summed E-state index contributed by atoms with van der Waals surface area (Å²) < 4.78 is 51.7. The van der Waals surface area contributed by atoms with Crippen LogP contribution in [0.15, 0.2) is 59.8 Å². The molecule has 13 heteroatoms. The van der Waals surface area contributed by atoms with Gasteiger partial charge in [0.05, 0.1) is 30.2 Å². The Hall–Kier alpha value is -3.35. The van der Waals surface area contributed by atoms with Crippen LogP contribution in [0.4, 0.5) is 20.2 Å². The molecule has 2 amide bonds. The molecule has 1 aliphatic rings. The molecule has 0 atom stereocenters. The molecule has 35 heavy (non-hydrogen) atoms. The molecule has 4 rings (SSSR count). The second kappa shape index (κ2) is 9.36. The fourth-order valence-corrected chi connectivity index (χ4v) is 4.59. The molecule has 0 spiro atoms. The Labute approximate surface area is 204 Å². The summed E-state index contributed by atoms with van der Waals surface area (Å²) in [5.74, 6) is -4.63. The summed E-state index contributed by atoms with van der Waals surface area (Å²) >= 11 is 6.07. The van der Waals surface area contributed by atoms with Gasteiger partial charge < -0.3 is 10.6 Å². The van der Waals surface area contributed by atoms with E-state index in [-0.39, 0.29) is 28.4 Å². The molecule has 184 valence electrons. The predicted octanol–water partition coefficient (Wildman–Crippen LogP) is 3.34. The summed E-state index contributed by atoms with van der Waals surface area (Å²) in [5, 5.41) is 14.9. The maximum Gasteiger partial charge on any atom is 0.249 e. The number of carbonyl (C=O) groups is 2. The highest BCUT2D eigenvalue weighted by molar-refractivity contribution is 7.89. The molecule has 0 bridgehead atoms. The molecule has 9 nitrogen and oxygen atoms in total. The van der Waals surface area contributed by atoms with Gasteiger partial charge in [0.15, 0.2) is 0 Å². The third kappa shape index (κ3) is 5.84. The van der Waals surface area contributed by atoms with Gasteiger partial charge in [-0.15, -0.1) is 0 Å². The summed E-state index contributed by atoms with van der Waals surface area (Å²) in [4.78, 5) is 24.2. The lowest BCUT2D eigenvalue weighted by Gasteiger charge is -2.33. The van der Waals surface area contributed by atoms with Crippen molar-refractivity contribution in [2.75, 3.05) is 10.6 Å². The summed E-state index contributed by atoms with van der Waals surface area (Å²) in [6.45, 7) is 0. The van der Waals surface area contributed by atoms with Gasteiger partial charge in [-0.25, -0.2) is 27.0 Å². The van der Waals surface area contributed by atoms with Crippen molar-refractivity contribution in [2.24, 2.45) is 11.1 Å². The Balaban J connectivity index is 1.51. The highest BCUT2D eigenvalue weighted by Crippen LogP contribution is 2.42. The fourth-order valence-electron chi connectivity index (χ4n) is 3.64.